The maximum absolute atomic E-state index is 13.6. The Hall–Kier alpha value is -4.69. The molecule has 3 aliphatic rings. The highest BCUT2D eigenvalue weighted by atomic mass is 32.1. The number of hydrogen-bond donors (Lipinski definition) is 3. The van der Waals surface area contributed by atoms with Gasteiger partial charge in [-0.2, -0.15) is 0 Å². The van der Waals surface area contributed by atoms with Gasteiger partial charge in [-0.05, 0) is 77.2 Å². The first-order chi connectivity index (χ1) is 18.4. The monoisotopic (exact) mass is 516 g/mol. The van der Waals surface area contributed by atoms with Crippen LogP contribution in [-0.2, 0) is 5.41 Å². The molecule has 3 N–H and O–H groups in total. The van der Waals surface area contributed by atoms with Crippen molar-refractivity contribution in [2.75, 3.05) is 5.32 Å². The van der Waals surface area contributed by atoms with Gasteiger partial charge in [-0.15, -0.1) is 11.3 Å². The topological polar surface area (TPSA) is 98.1 Å². The van der Waals surface area contributed by atoms with Gasteiger partial charge >= 0.3 is 0 Å². The summed E-state index contributed by atoms with van der Waals surface area (Å²) < 4.78 is 0. The molecule has 184 valence electrons. The molecule has 38 heavy (non-hydrogen) atoms. The number of aromatic nitrogens is 2. The Balaban J connectivity index is 1.08. The number of fused-ring (bicyclic) bond motifs is 3. The minimum Gasteiger partial charge on any atom is -0.361 e. The second-order valence-electron chi connectivity index (χ2n) is 10.1. The number of anilines is 1. The molecule has 2 amide bonds. The average molecular weight is 517 g/mol. The zero-order chi connectivity index (χ0) is 25.8. The Bertz CT molecular complexity index is 1970. The number of carbonyl (C=O) groups excluding carboxylic acids is 3. The predicted octanol–water partition coefficient (Wildman–Crippen LogP) is 6.03. The van der Waals surface area contributed by atoms with E-state index in [4.69, 9.17) is 0 Å². The van der Waals surface area contributed by atoms with Crippen LogP contribution in [0.4, 0.5) is 5.69 Å². The smallest absolute Gasteiger partial charge is 0.262 e. The molecule has 0 bridgehead atoms. The van der Waals surface area contributed by atoms with E-state index in [0.717, 1.165) is 49.9 Å². The molecule has 1 fully saturated rings. The zero-order valence-corrected chi connectivity index (χ0v) is 21.0. The maximum atomic E-state index is 13.6. The first-order valence-corrected chi connectivity index (χ1v) is 13.2. The van der Waals surface area contributed by atoms with Crippen molar-refractivity contribution in [3.8, 4) is 0 Å². The quantitative estimate of drug-likeness (QED) is 0.273. The molecule has 8 heteroatoms. The second kappa shape index (κ2) is 7.20. The molecule has 8 rings (SSSR count). The molecular formula is C30H20N4O3S. The van der Waals surface area contributed by atoms with Crippen molar-refractivity contribution in [1.29, 1.82) is 0 Å². The van der Waals surface area contributed by atoms with Crippen molar-refractivity contribution in [2.24, 2.45) is 0 Å². The Morgan fingerprint density at radius 3 is 2.79 bits per heavy atom. The molecule has 2 aromatic carbocycles. The summed E-state index contributed by atoms with van der Waals surface area (Å²) in [7, 11) is 0. The summed E-state index contributed by atoms with van der Waals surface area (Å²) in [6.45, 7) is 2.04. The van der Waals surface area contributed by atoms with Gasteiger partial charge in [0.15, 0.2) is 5.78 Å². The third-order valence-corrected chi connectivity index (χ3v) is 9.08. The first-order valence-electron chi connectivity index (χ1n) is 12.3. The van der Waals surface area contributed by atoms with Crippen molar-refractivity contribution in [3.05, 3.63) is 111 Å². The van der Waals surface area contributed by atoms with Gasteiger partial charge in [0.1, 0.15) is 0 Å². The summed E-state index contributed by atoms with van der Waals surface area (Å²) in [6, 6.07) is 12.9. The summed E-state index contributed by atoms with van der Waals surface area (Å²) in [5, 5.41) is 6.85. The highest BCUT2D eigenvalue weighted by Crippen LogP contribution is 2.67. The molecule has 1 aliphatic heterocycles. The van der Waals surface area contributed by atoms with Gasteiger partial charge in [0.25, 0.3) is 11.8 Å². The lowest BCUT2D eigenvalue weighted by molar-refractivity contribution is 0.0853. The number of ketones is 1. The summed E-state index contributed by atoms with van der Waals surface area (Å²) in [4.78, 5) is 48.2. The summed E-state index contributed by atoms with van der Waals surface area (Å²) in [5.41, 5.74) is 7.13. The standard InChI is InChI=1S/C30H20N4O3S/c1-15-14-38-27-24(35)10-25-30(26(15)27)11-19(30)13-34(25)29(37)18-4-5-20-22(9-18)32-12-23(20)33-28(36)17-3-2-16-6-7-31-21(16)8-17/h2-10,12-14,31-32H,11H2,1H3,(H,33,36)/t30-/m0/s1. The molecule has 0 unspecified atom stereocenters. The number of benzene rings is 2. The van der Waals surface area contributed by atoms with E-state index >= 15 is 0 Å². The number of carbonyl (C=O) groups is 3. The Kier molecular flexibility index (Phi) is 4.06. The molecular weight excluding hydrogens is 496 g/mol. The average Bonchev–Trinajstić information content (AvgIpc) is 3.39. The minimum atomic E-state index is -0.319. The number of allylic oxidation sites excluding steroid dienone is 2. The predicted molar refractivity (Wildman–Crippen MR) is 147 cm³/mol. The van der Waals surface area contributed by atoms with Gasteiger partial charge in [-0.25, -0.2) is 0 Å². The van der Waals surface area contributed by atoms with Crippen LogP contribution in [0.1, 0.15) is 47.9 Å². The fraction of sp³-hybridized carbons (Fsp3) is 0.100. The van der Waals surface area contributed by atoms with Crippen molar-refractivity contribution in [2.45, 2.75) is 18.8 Å². The molecule has 1 spiro atoms. The highest BCUT2D eigenvalue weighted by molar-refractivity contribution is 7.12. The number of hydrogen-bond acceptors (Lipinski definition) is 4. The van der Waals surface area contributed by atoms with Crippen molar-refractivity contribution < 1.29 is 14.4 Å². The largest absolute Gasteiger partial charge is 0.361 e. The fourth-order valence-corrected chi connectivity index (χ4v) is 7.09. The Morgan fingerprint density at radius 2 is 1.89 bits per heavy atom. The van der Waals surface area contributed by atoms with Gasteiger partial charge in [0, 0.05) is 57.9 Å². The van der Waals surface area contributed by atoms with Crippen LogP contribution in [-0.4, -0.2) is 32.5 Å². The van der Waals surface area contributed by atoms with Crippen LogP contribution in [0.2, 0.25) is 0 Å². The van der Waals surface area contributed by atoms with Crippen LogP contribution in [0.3, 0.4) is 0 Å². The SMILES string of the molecule is Cc1csc2c1[C@@]13CC1=CN(C(=O)c1ccc4c(NC(=O)c5ccc6cc[nH]c6c5)c[nH]c4c1)C3=CC2=O. The van der Waals surface area contributed by atoms with Crippen molar-refractivity contribution >= 4 is 56.4 Å². The van der Waals surface area contributed by atoms with E-state index in [1.165, 1.54) is 16.9 Å². The number of rotatable bonds is 3. The molecule has 3 aromatic heterocycles. The van der Waals surface area contributed by atoms with Gasteiger partial charge in [0.2, 0.25) is 0 Å². The minimum absolute atomic E-state index is 0.0336. The van der Waals surface area contributed by atoms with Crippen LogP contribution >= 0.6 is 11.3 Å². The third-order valence-electron chi connectivity index (χ3n) is 7.97. The number of aromatic amines is 2. The van der Waals surface area contributed by atoms with E-state index in [1.54, 1.807) is 35.4 Å². The highest BCUT2D eigenvalue weighted by Gasteiger charge is 2.63. The number of H-pyrrole nitrogens is 2. The normalized spacial score (nSPS) is 19.2. The van der Waals surface area contributed by atoms with Gasteiger partial charge in [-0.1, -0.05) is 6.07 Å². The Labute approximate surface area is 220 Å². The second-order valence-corrected chi connectivity index (χ2v) is 11.0. The third kappa shape index (κ3) is 2.75. The van der Waals surface area contributed by atoms with Gasteiger partial charge < -0.3 is 15.3 Å². The summed E-state index contributed by atoms with van der Waals surface area (Å²) >= 11 is 1.49. The lowest BCUT2D eigenvalue weighted by Crippen LogP contribution is -2.32. The molecule has 7 nitrogen and oxygen atoms in total. The van der Waals surface area contributed by atoms with E-state index in [1.807, 2.05) is 49.0 Å². The van der Waals surface area contributed by atoms with E-state index < -0.39 is 0 Å². The lowest BCUT2D eigenvalue weighted by atomic mass is 9.84. The number of nitrogens with one attached hydrogen (secondary N) is 3. The zero-order valence-electron chi connectivity index (χ0n) is 20.2. The van der Waals surface area contributed by atoms with E-state index in [2.05, 4.69) is 15.3 Å². The Morgan fingerprint density at radius 1 is 1.05 bits per heavy atom. The molecule has 2 aliphatic carbocycles. The van der Waals surface area contributed by atoms with Crippen LogP contribution in [0, 0.1) is 6.92 Å². The summed E-state index contributed by atoms with van der Waals surface area (Å²) in [6.07, 6.45) is 7.97. The molecule has 5 aromatic rings. The van der Waals surface area contributed by atoms with Gasteiger partial charge in [-0.3, -0.25) is 19.3 Å². The van der Waals surface area contributed by atoms with Crippen molar-refractivity contribution in [3.63, 3.8) is 0 Å². The number of aryl methyl sites for hydroxylation is 1. The molecule has 1 saturated carbocycles. The number of thiophene rings is 1. The fourth-order valence-electron chi connectivity index (χ4n) is 6.05. The van der Waals surface area contributed by atoms with Crippen LogP contribution in [0.15, 0.2) is 83.8 Å². The summed E-state index contributed by atoms with van der Waals surface area (Å²) in [5.74, 6) is -0.428. The van der Waals surface area contributed by atoms with Crippen LogP contribution in [0.25, 0.3) is 21.8 Å². The van der Waals surface area contributed by atoms with Crippen LogP contribution in [0.5, 0.6) is 0 Å². The van der Waals surface area contributed by atoms with E-state index in [-0.39, 0.29) is 23.0 Å². The van der Waals surface area contributed by atoms with Crippen molar-refractivity contribution in [1.82, 2.24) is 14.9 Å². The van der Waals surface area contributed by atoms with E-state index in [0.29, 0.717) is 16.8 Å². The number of amides is 2. The maximum Gasteiger partial charge on any atom is 0.262 e. The molecule has 0 radical (unpaired) electrons. The lowest BCUT2D eigenvalue weighted by Gasteiger charge is -2.28. The molecule has 1 atom stereocenters. The molecule has 4 heterocycles. The van der Waals surface area contributed by atoms with Crippen LogP contribution < -0.4 is 5.32 Å². The number of nitrogens with zero attached hydrogens (tertiary/aromatic N) is 1. The first kappa shape index (κ1) is 21.4. The van der Waals surface area contributed by atoms with Gasteiger partial charge in [0.05, 0.1) is 16.0 Å². The molecule has 0 saturated heterocycles. The van der Waals surface area contributed by atoms with E-state index in [9.17, 15) is 14.4 Å².